The smallest absolute Gasteiger partial charge is 0.0173 e. The van der Waals surface area contributed by atoms with Gasteiger partial charge in [0.2, 0.25) is 0 Å². The Labute approximate surface area is 52.9 Å². The van der Waals surface area contributed by atoms with E-state index < -0.39 is 0 Å². The van der Waals surface area contributed by atoms with Gasteiger partial charge in [-0.3, -0.25) is 0 Å². The fourth-order valence-corrected chi connectivity index (χ4v) is 0. The van der Waals surface area contributed by atoms with Crippen LogP contribution in [0.3, 0.4) is 0 Å². The second-order valence-corrected chi connectivity index (χ2v) is 1.69. The molecule has 4 heavy (non-hydrogen) atoms. The van der Waals surface area contributed by atoms with Crippen molar-refractivity contribution in [3.63, 3.8) is 0 Å². The largest absolute Gasteiger partial charge is 0.0525 e. The van der Waals surface area contributed by atoms with Crippen molar-refractivity contribution in [3.05, 3.63) is 8.17 Å². The van der Waals surface area contributed by atoms with Crippen LogP contribution in [0.1, 0.15) is 0 Å². The van der Waals surface area contributed by atoms with Gasteiger partial charge in [-0.05, 0) is 8.17 Å². The highest BCUT2D eigenvalue weighted by atomic mass is 127. The van der Waals surface area contributed by atoms with Gasteiger partial charge in [0.15, 0.2) is 0 Å². The van der Waals surface area contributed by atoms with Crippen LogP contribution in [0, 0.1) is 0 Å². The van der Waals surface area contributed by atoms with Crippen LogP contribution in [0.2, 0.25) is 0 Å². The van der Waals surface area contributed by atoms with Crippen LogP contribution in [0.15, 0.2) is 8.17 Å². The van der Waals surface area contributed by atoms with E-state index in [1.54, 1.807) is 0 Å². The normalized spacial score (nSPS) is 9.50. The summed E-state index contributed by atoms with van der Waals surface area (Å²) in [6.07, 6.45) is 0. The first-order valence-corrected chi connectivity index (χ1v) is 3.26. The van der Waals surface area contributed by atoms with Gasteiger partial charge in [-0.2, -0.15) is 0 Å². The first-order chi connectivity index (χ1) is 1.91. The standard InChI is InChI=1S/C2H2I2/c3-1-2-4/h1-2H/b2-1-. The topological polar surface area (TPSA) is 0 Å². The Balaban J connectivity index is 2.55. The molecule has 0 spiro atoms. The van der Waals surface area contributed by atoms with Crippen LogP contribution in [0.4, 0.5) is 0 Å². The summed E-state index contributed by atoms with van der Waals surface area (Å²) in [5.41, 5.74) is 0. The van der Waals surface area contributed by atoms with Gasteiger partial charge in [0.25, 0.3) is 0 Å². The Kier molecular flexibility index (Phi) is 5.46. The molecule has 0 bridgehead atoms. The Morgan fingerprint density at radius 1 is 1.00 bits per heavy atom. The van der Waals surface area contributed by atoms with Crippen molar-refractivity contribution in [3.8, 4) is 0 Å². The van der Waals surface area contributed by atoms with Gasteiger partial charge in [-0.15, -0.1) is 0 Å². The number of hydrogen-bond acceptors (Lipinski definition) is 0. The van der Waals surface area contributed by atoms with Gasteiger partial charge in [-0.25, -0.2) is 0 Å². The lowest BCUT2D eigenvalue weighted by Gasteiger charge is -1.44. The van der Waals surface area contributed by atoms with Crippen LogP contribution >= 0.6 is 45.2 Å². The maximum Gasteiger partial charge on any atom is -0.0173 e. The van der Waals surface area contributed by atoms with E-state index in [2.05, 4.69) is 45.2 Å². The molecular weight excluding hydrogens is 278 g/mol. The minimum absolute atomic E-state index is 1.96. The van der Waals surface area contributed by atoms with E-state index in [9.17, 15) is 0 Å². The third kappa shape index (κ3) is 3.20. The van der Waals surface area contributed by atoms with Gasteiger partial charge in [0, 0.05) is 0 Å². The molecule has 0 aliphatic carbocycles. The molecule has 2 heteroatoms. The van der Waals surface area contributed by atoms with E-state index in [-0.39, 0.29) is 0 Å². The van der Waals surface area contributed by atoms with E-state index in [1.165, 1.54) is 0 Å². The van der Waals surface area contributed by atoms with Crippen LogP contribution in [-0.2, 0) is 0 Å². The summed E-state index contributed by atoms with van der Waals surface area (Å²) in [6, 6.07) is 0. The third-order valence-corrected chi connectivity index (χ3v) is 2.14. The quantitative estimate of drug-likeness (QED) is 0.597. The molecule has 0 aliphatic rings. The van der Waals surface area contributed by atoms with Gasteiger partial charge >= 0.3 is 0 Å². The molecule has 0 aromatic carbocycles. The first-order valence-electron chi connectivity index (χ1n) is 0.770. The lowest BCUT2D eigenvalue weighted by Crippen LogP contribution is -1.06. The predicted octanol–water partition coefficient (Wildman–Crippen LogP) is 2.33. The number of rotatable bonds is 0. The summed E-state index contributed by atoms with van der Waals surface area (Å²) in [6.45, 7) is 0. The average molecular weight is 280 g/mol. The average Bonchev–Trinajstić information content (AvgIpc) is 1.37. The zero-order valence-electron chi connectivity index (χ0n) is 1.91. The van der Waals surface area contributed by atoms with Crippen molar-refractivity contribution in [2.75, 3.05) is 0 Å². The van der Waals surface area contributed by atoms with Crippen molar-refractivity contribution in [2.45, 2.75) is 0 Å². The molecule has 0 N–H and O–H groups in total. The highest BCUT2D eigenvalue weighted by Crippen LogP contribution is 1.88. The molecule has 0 heterocycles. The van der Waals surface area contributed by atoms with Gasteiger partial charge in [0.1, 0.15) is 0 Å². The fraction of sp³-hybridized carbons (Fsp3) is 0. The van der Waals surface area contributed by atoms with Crippen LogP contribution in [0.5, 0.6) is 0 Å². The molecule has 0 saturated heterocycles. The van der Waals surface area contributed by atoms with Gasteiger partial charge in [-0.1, -0.05) is 45.2 Å². The summed E-state index contributed by atoms with van der Waals surface area (Å²) < 4.78 is 3.91. The van der Waals surface area contributed by atoms with Gasteiger partial charge in [0.05, 0.1) is 0 Å². The van der Waals surface area contributed by atoms with Crippen LogP contribution < -0.4 is 0 Å². The van der Waals surface area contributed by atoms with E-state index in [0.29, 0.717) is 0 Å². The number of halogens is 2. The van der Waals surface area contributed by atoms with Crippen molar-refractivity contribution >= 4 is 45.2 Å². The van der Waals surface area contributed by atoms with Gasteiger partial charge < -0.3 is 0 Å². The molecule has 0 atom stereocenters. The number of hydrogen-bond donors (Lipinski definition) is 0. The van der Waals surface area contributed by atoms with E-state index in [4.69, 9.17) is 0 Å². The molecule has 0 fully saturated rings. The molecular formula is C2H2I2. The fourth-order valence-electron chi connectivity index (χ4n) is 0. The SMILES string of the molecule is I/C=C\I. The highest BCUT2D eigenvalue weighted by molar-refractivity contribution is 14.1. The third-order valence-electron chi connectivity index (χ3n) is 0.0476. The summed E-state index contributed by atoms with van der Waals surface area (Å²) >= 11 is 4.33. The lowest BCUT2D eigenvalue weighted by molar-refractivity contribution is 2.72. The summed E-state index contributed by atoms with van der Waals surface area (Å²) in [7, 11) is 0. The summed E-state index contributed by atoms with van der Waals surface area (Å²) in [5, 5.41) is 0. The Morgan fingerprint density at radius 3 is 1.25 bits per heavy atom. The minimum atomic E-state index is 1.96. The zero-order valence-corrected chi connectivity index (χ0v) is 6.23. The Bertz CT molecular complexity index is 19.2. The van der Waals surface area contributed by atoms with E-state index in [0.717, 1.165) is 0 Å². The van der Waals surface area contributed by atoms with Crippen molar-refractivity contribution in [1.82, 2.24) is 0 Å². The Hall–Kier alpha value is 1.20. The first kappa shape index (κ1) is 5.20. The van der Waals surface area contributed by atoms with Crippen LogP contribution in [0.25, 0.3) is 0 Å². The monoisotopic (exact) mass is 280 g/mol. The molecule has 0 nitrogen and oxygen atoms in total. The van der Waals surface area contributed by atoms with Crippen LogP contribution in [-0.4, -0.2) is 0 Å². The summed E-state index contributed by atoms with van der Waals surface area (Å²) in [5.74, 6) is 0. The molecule has 24 valence electrons. The molecule has 0 aromatic heterocycles. The molecule has 0 amide bonds. The lowest BCUT2D eigenvalue weighted by atomic mass is 11.3. The van der Waals surface area contributed by atoms with Crippen molar-refractivity contribution in [1.29, 1.82) is 0 Å². The second-order valence-electron chi connectivity index (χ2n) is 0.252. The maximum atomic E-state index is 2.16. The second kappa shape index (κ2) is 4.20. The predicted molar refractivity (Wildman–Crippen MR) is 37.2 cm³/mol. The maximum absolute atomic E-state index is 2.16. The molecule has 0 radical (unpaired) electrons. The van der Waals surface area contributed by atoms with E-state index >= 15 is 0 Å². The summed E-state index contributed by atoms with van der Waals surface area (Å²) in [4.78, 5) is 0. The van der Waals surface area contributed by atoms with Crippen molar-refractivity contribution in [2.24, 2.45) is 0 Å². The minimum Gasteiger partial charge on any atom is -0.0525 e. The molecule has 0 rings (SSSR count). The highest BCUT2D eigenvalue weighted by Gasteiger charge is 1.39. The molecule has 0 aromatic rings. The zero-order chi connectivity index (χ0) is 3.41. The Morgan fingerprint density at radius 2 is 1.25 bits per heavy atom. The van der Waals surface area contributed by atoms with E-state index in [1.807, 2.05) is 8.17 Å². The molecule has 0 saturated carbocycles. The molecule has 0 aliphatic heterocycles. The molecule has 0 unspecified atom stereocenters. The van der Waals surface area contributed by atoms with Crippen molar-refractivity contribution < 1.29 is 0 Å².